The molecule has 0 saturated heterocycles. The molecular formula is C7H19NO6P2. The second-order valence-corrected chi connectivity index (χ2v) is 6.94. The highest BCUT2D eigenvalue weighted by molar-refractivity contribution is 7.52. The summed E-state index contributed by atoms with van der Waals surface area (Å²) in [6.07, 6.45) is 1.23. The molecule has 0 radical (unpaired) electrons. The van der Waals surface area contributed by atoms with Crippen LogP contribution in [0, 0.1) is 0 Å². The fraction of sp³-hybridized carbons (Fsp3) is 1.00. The van der Waals surface area contributed by atoms with E-state index in [-0.39, 0.29) is 6.54 Å². The monoisotopic (exact) mass is 275 g/mol. The molecule has 0 aromatic rings. The Hall–Kier alpha value is 0.260. The van der Waals surface area contributed by atoms with Gasteiger partial charge in [0.05, 0.1) is 0 Å². The minimum atomic E-state index is -4.27. The molecule has 0 amide bonds. The first-order valence-corrected chi connectivity index (χ1v) is 8.55. The van der Waals surface area contributed by atoms with Crippen LogP contribution in [0.2, 0.25) is 0 Å². The van der Waals surface area contributed by atoms with Crippen molar-refractivity contribution < 1.29 is 28.7 Å². The van der Waals surface area contributed by atoms with E-state index in [1.165, 1.54) is 0 Å². The van der Waals surface area contributed by atoms with E-state index in [4.69, 9.17) is 19.6 Å². The average molecular weight is 275 g/mol. The van der Waals surface area contributed by atoms with Crippen molar-refractivity contribution in [3.8, 4) is 0 Å². The Bertz CT molecular complexity index is 261. The van der Waals surface area contributed by atoms with Crippen LogP contribution in [0.15, 0.2) is 0 Å². The molecule has 0 rings (SSSR count). The number of hydrogen-bond donors (Lipinski definition) is 4. The van der Waals surface area contributed by atoms with Gasteiger partial charge in [-0.15, -0.1) is 0 Å². The third kappa shape index (κ3) is 10.8. The first-order valence-electron chi connectivity index (χ1n) is 4.95. The van der Waals surface area contributed by atoms with E-state index in [9.17, 15) is 9.13 Å². The van der Waals surface area contributed by atoms with E-state index in [2.05, 4.69) is 0 Å². The maximum absolute atomic E-state index is 10.8. The molecule has 0 aromatic carbocycles. The van der Waals surface area contributed by atoms with Gasteiger partial charge in [0.1, 0.15) is 12.6 Å². The lowest BCUT2D eigenvalue weighted by Crippen LogP contribution is -2.27. The van der Waals surface area contributed by atoms with E-state index in [1.807, 2.05) is 6.92 Å². The Morgan fingerprint density at radius 2 is 1.38 bits per heavy atom. The zero-order valence-electron chi connectivity index (χ0n) is 9.19. The van der Waals surface area contributed by atoms with Gasteiger partial charge < -0.3 is 19.6 Å². The third-order valence-corrected chi connectivity index (χ3v) is 3.38. The summed E-state index contributed by atoms with van der Waals surface area (Å²) in [6.45, 7) is 2.25. The summed E-state index contributed by atoms with van der Waals surface area (Å²) in [4.78, 5) is 36.2. The molecule has 98 valence electrons. The van der Waals surface area contributed by atoms with Gasteiger partial charge in [0, 0.05) is 0 Å². The Balaban J connectivity index is 4.28. The zero-order valence-corrected chi connectivity index (χ0v) is 11.0. The van der Waals surface area contributed by atoms with Crippen molar-refractivity contribution in [2.75, 3.05) is 19.1 Å². The van der Waals surface area contributed by atoms with Crippen molar-refractivity contribution in [2.45, 2.75) is 26.2 Å². The first-order chi connectivity index (χ1) is 7.14. The number of nitrogens with zero attached hydrogens (tertiary/aromatic N) is 1. The Labute approximate surface area is 94.8 Å². The van der Waals surface area contributed by atoms with Crippen LogP contribution in [0.5, 0.6) is 0 Å². The van der Waals surface area contributed by atoms with Gasteiger partial charge in [-0.05, 0) is 13.0 Å². The quantitative estimate of drug-likeness (QED) is 0.381. The Morgan fingerprint density at radius 3 is 1.69 bits per heavy atom. The van der Waals surface area contributed by atoms with Gasteiger partial charge in [0.25, 0.3) is 0 Å². The molecule has 0 bridgehead atoms. The molecule has 16 heavy (non-hydrogen) atoms. The predicted molar refractivity (Wildman–Crippen MR) is 60.1 cm³/mol. The van der Waals surface area contributed by atoms with Crippen molar-refractivity contribution in [1.82, 2.24) is 4.90 Å². The van der Waals surface area contributed by atoms with E-state index < -0.39 is 27.8 Å². The standard InChI is InChI=1S/C7H19NO6P2/c1-2-3-4-5-8(6-15(9,10)11)7-16(12,13)14/h2-7H2,1H3,(H2,9,10,11)(H2,12,13,14). The molecule has 9 heteroatoms. The Kier molecular flexibility index (Phi) is 6.98. The van der Waals surface area contributed by atoms with Crippen molar-refractivity contribution in [2.24, 2.45) is 0 Å². The maximum Gasteiger partial charge on any atom is 0.339 e. The van der Waals surface area contributed by atoms with Gasteiger partial charge in [-0.3, -0.25) is 14.0 Å². The van der Waals surface area contributed by atoms with Crippen LogP contribution in [0.4, 0.5) is 0 Å². The minimum absolute atomic E-state index is 0.282. The van der Waals surface area contributed by atoms with Crippen LogP contribution < -0.4 is 0 Å². The largest absolute Gasteiger partial charge is 0.339 e. The molecule has 0 heterocycles. The third-order valence-electron chi connectivity index (χ3n) is 1.85. The molecule has 0 saturated carbocycles. The lowest BCUT2D eigenvalue weighted by molar-refractivity contribution is 0.274. The van der Waals surface area contributed by atoms with E-state index >= 15 is 0 Å². The number of hydrogen-bond acceptors (Lipinski definition) is 3. The summed E-state index contributed by atoms with van der Waals surface area (Å²) in [6, 6.07) is 0. The van der Waals surface area contributed by atoms with Crippen molar-refractivity contribution in [1.29, 1.82) is 0 Å². The topological polar surface area (TPSA) is 118 Å². The molecule has 0 fully saturated rings. The van der Waals surface area contributed by atoms with Crippen LogP contribution in [0.1, 0.15) is 26.2 Å². The first kappa shape index (κ1) is 16.3. The average Bonchev–Trinajstić information content (AvgIpc) is 1.97. The van der Waals surface area contributed by atoms with Crippen LogP contribution in [0.3, 0.4) is 0 Å². The fourth-order valence-corrected chi connectivity index (χ4v) is 2.98. The van der Waals surface area contributed by atoms with Gasteiger partial charge in [0.15, 0.2) is 0 Å². The lowest BCUT2D eigenvalue weighted by Gasteiger charge is -2.22. The van der Waals surface area contributed by atoms with Gasteiger partial charge in [-0.1, -0.05) is 19.8 Å². The molecular weight excluding hydrogens is 256 g/mol. The van der Waals surface area contributed by atoms with Gasteiger partial charge in [-0.25, -0.2) is 0 Å². The summed E-state index contributed by atoms with van der Waals surface area (Å²) < 4.78 is 21.5. The second-order valence-electron chi connectivity index (χ2n) is 3.71. The second kappa shape index (κ2) is 6.87. The molecule has 0 aliphatic carbocycles. The normalized spacial score (nSPS) is 13.4. The number of rotatable bonds is 8. The summed E-state index contributed by atoms with van der Waals surface area (Å²) in [5.74, 6) is 0. The summed E-state index contributed by atoms with van der Waals surface area (Å²) in [7, 11) is -8.55. The summed E-state index contributed by atoms with van der Waals surface area (Å²) in [5.41, 5.74) is 0. The maximum atomic E-state index is 10.8. The van der Waals surface area contributed by atoms with Crippen LogP contribution in [-0.4, -0.2) is 43.6 Å². The zero-order chi connectivity index (χ0) is 12.8. The fourth-order valence-electron chi connectivity index (χ4n) is 1.29. The predicted octanol–water partition coefficient (Wildman–Crippen LogP) is 0.749. The van der Waals surface area contributed by atoms with Crippen molar-refractivity contribution in [3.05, 3.63) is 0 Å². The van der Waals surface area contributed by atoms with Crippen LogP contribution in [0.25, 0.3) is 0 Å². The van der Waals surface area contributed by atoms with Crippen molar-refractivity contribution in [3.63, 3.8) is 0 Å². The molecule has 4 N–H and O–H groups in total. The van der Waals surface area contributed by atoms with Crippen molar-refractivity contribution >= 4 is 15.2 Å². The summed E-state index contributed by atoms with van der Waals surface area (Å²) >= 11 is 0. The van der Waals surface area contributed by atoms with E-state index in [0.717, 1.165) is 17.7 Å². The van der Waals surface area contributed by atoms with Gasteiger partial charge in [0.2, 0.25) is 0 Å². The molecule has 0 aliphatic rings. The number of unbranched alkanes of at least 4 members (excludes halogenated alkanes) is 2. The molecule has 7 nitrogen and oxygen atoms in total. The van der Waals surface area contributed by atoms with E-state index in [0.29, 0.717) is 6.42 Å². The van der Waals surface area contributed by atoms with Crippen LogP contribution >= 0.6 is 15.2 Å². The molecule has 0 aromatic heterocycles. The Morgan fingerprint density at radius 1 is 0.938 bits per heavy atom. The summed E-state index contributed by atoms with van der Waals surface area (Å²) in [5, 5.41) is 0. The highest BCUT2D eigenvalue weighted by Crippen LogP contribution is 2.40. The smallest absolute Gasteiger partial charge is 0.324 e. The molecule has 0 aliphatic heterocycles. The lowest BCUT2D eigenvalue weighted by atomic mass is 10.2. The minimum Gasteiger partial charge on any atom is -0.324 e. The van der Waals surface area contributed by atoms with E-state index in [1.54, 1.807) is 0 Å². The molecule has 0 atom stereocenters. The SMILES string of the molecule is CCCCCN(CP(=O)(O)O)CP(=O)(O)O. The molecule has 0 spiro atoms. The highest BCUT2D eigenvalue weighted by Gasteiger charge is 2.25. The van der Waals surface area contributed by atoms with Crippen LogP contribution in [-0.2, 0) is 9.13 Å². The molecule has 0 unspecified atom stereocenters. The highest BCUT2D eigenvalue weighted by atomic mass is 31.2. The van der Waals surface area contributed by atoms with Gasteiger partial charge in [-0.2, -0.15) is 0 Å². The van der Waals surface area contributed by atoms with Gasteiger partial charge >= 0.3 is 15.2 Å².